The van der Waals surface area contributed by atoms with Gasteiger partial charge in [0.25, 0.3) is 5.91 Å². The summed E-state index contributed by atoms with van der Waals surface area (Å²) in [5, 5.41) is 0. The van der Waals surface area contributed by atoms with Crippen molar-refractivity contribution in [2.45, 2.75) is 13.5 Å². The Balaban J connectivity index is 1.92. The zero-order valence-electron chi connectivity index (χ0n) is 13.0. The predicted octanol–water partition coefficient (Wildman–Crippen LogP) is 2.64. The molecule has 0 bridgehead atoms. The largest absolute Gasteiger partial charge is 0.484 e. The summed E-state index contributed by atoms with van der Waals surface area (Å²) in [5.74, 6) is 0.614. The molecule has 22 heavy (non-hydrogen) atoms. The normalized spacial score (nSPS) is 10.5. The summed E-state index contributed by atoms with van der Waals surface area (Å²) in [7, 11) is 1.61. The highest BCUT2D eigenvalue weighted by Crippen LogP contribution is 2.13. The van der Waals surface area contributed by atoms with Gasteiger partial charge in [-0.15, -0.1) is 0 Å². The van der Waals surface area contributed by atoms with Crippen LogP contribution in [0.1, 0.15) is 11.1 Å². The van der Waals surface area contributed by atoms with Gasteiger partial charge in [-0.25, -0.2) is 0 Å². The maximum absolute atomic E-state index is 12.3. The fraction of sp³-hybridized carbons (Fsp3) is 0.353. The molecule has 0 radical (unpaired) electrons. The number of amides is 1. The third kappa shape index (κ3) is 4.93. The molecule has 0 atom stereocenters. The van der Waals surface area contributed by atoms with E-state index >= 15 is 0 Å². The van der Waals surface area contributed by atoms with Crippen LogP contribution in [-0.4, -0.2) is 37.7 Å². The molecule has 2 rings (SSSR count). The zero-order valence-corrected chi connectivity index (χ0v) is 13.0. The highest BCUT2D eigenvalue weighted by atomic mass is 16.5. The highest BCUT2D eigenvalue weighted by molar-refractivity contribution is 5.77. The number of aryl methyl sites for hydroxylation is 1. The van der Waals surface area contributed by atoms with Gasteiger partial charge in [0.2, 0.25) is 0 Å². The Bertz CT molecular complexity index is 580. The van der Waals surface area contributed by atoms with Crippen LogP contribution in [0.4, 0.5) is 0 Å². The molecule has 1 aromatic carbocycles. The van der Waals surface area contributed by atoms with E-state index in [1.807, 2.05) is 37.3 Å². The summed E-state index contributed by atoms with van der Waals surface area (Å²) in [6.07, 6.45) is 3.23. The molecule has 2 aromatic rings. The Kier molecular flexibility index (Phi) is 6.03. The second kappa shape index (κ2) is 8.24. The van der Waals surface area contributed by atoms with Gasteiger partial charge in [0.15, 0.2) is 6.61 Å². The summed E-state index contributed by atoms with van der Waals surface area (Å²) in [6, 6.07) is 9.48. The van der Waals surface area contributed by atoms with Crippen LogP contribution in [0.5, 0.6) is 5.75 Å². The van der Waals surface area contributed by atoms with E-state index in [0.717, 1.165) is 11.1 Å². The van der Waals surface area contributed by atoms with Gasteiger partial charge in [0.1, 0.15) is 5.75 Å². The Hall–Kier alpha value is -2.27. The first-order valence-electron chi connectivity index (χ1n) is 7.16. The number of carbonyl (C=O) groups excluding carboxylic acids is 1. The molecule has 0 aliphatic heterocycles. The number of methoxy groups -OCH3 is 1. The van der Waals surface area contributed by atoms with E-state index in [1.165, 1.54) is 0 Å². The molecule has 5 heteroatoms. The standard InChI is InChI=1S/C17H21NO4/c1-14-4-3-5-16(10-14)22-13-17(19)18(7-9-20-2)11-15-6-8-21-12-15/h3-6,8,10,12H,7,9,11,13H2,1-2H3. The monoisotopic (exact) mass is 303 g/mol. The van der Waals surface area contributed by atoms with Gasteiger partial charge in [0.05, 0.1) is 19.1 Å². The minimum absolute atomic E-state index is 0.00498. The first-order valence-corrected chi connectivity index (χ1v) is 7.16. The third-order valence-electron chi connectivity index (χ3n) is 3.22. The predicted molar refractivity (Wildman–Crippen MR) is 82.7 cm³/mol. The van der Waals surface area contributed by atoms with Crippen molar-refractivity contribution < 1.29 is 18.7 Å². The summed E-state index contributed by atoms with van der Waals surface area (Å²) in [4.78, 5) is 14.0. The molecule has 0 N–H and O–H groups in total. The fourth-order valence-electron chi connectivity index (χ4n) is 2.04. The van der Waals surface area contributed by atoms with Crippen molar-refractivity contribution in [1.29, 1.82) is 0 Å². The van der Waals surface area contributed by atoms with Gasteiger partial charge < -0.3 is 18.8 Å². The minimum Gasteiger partial charge on any atom is -0.484 e. The second-order valence-corrected chi connectivity index (χ2v) is 5.04. The number of hydrogen-bond acceptors (Lipinski definition) is 4. The molecular weight excluding hydrogens is 282 g/mol. The van der Waals surface area contributed by atoms with E-state index in [-0.39, 0.29) is 12.5 Å². The van der Waals surface area contributed by atoms with Gasteiger partial charge in [0, 0.05) is 25.8 Å². The van der Waals surface area contributed by atoms with Crippen LogP contribution in [-0.2, 0) is 16.1 Å². The van der Waals surface area contributed by atoms with E-state index < -0.39 is 0 Å². The van der Waals surface area contributed by atoms with Crippen LogP contribution >= 0.6 is 0 Å². The summed E-state index contributed by atoms with van der Waals surface area (Å²) in [5.41, 5.74) is 2.04. The third-order valence-corrected chi connectivity index (χ3v) is 3.22. The van der Waals surface area contributed by atoms with Crippen LogP contribution in [0.2, 0.25) is 0 Å². The lowest BCUT2D eigenvalue weighted by molar-refractivity contribution is -0.134. The van der Waals surface area contributed by atoms with Crippen molar-refractivity contribution in [3.05, 3.63) is 54.0 Å². The number of nitrogens with zero attached hydrogens (tertiary/aromatic N) is 1. The molecule has 0 aliphatic rings. The topological polar surface area (TPSA) is 51.9 Å². The Labute approximate surface area is 130 Å². The van der Waals surface area contributed by atoms with Crippen LogP contribution < -0.4 is 4.74 Å². The highest BCUT2D eigenvalue weighted by Gasteiger charge is 2.15. The molecule has 0 unspecified atom stereocenters. The van der Waals surface area contributed by atoms with Gasteiger partial charge in [-0.3, -0.25) is 4.79 Å². The lowest BCUT2D eigenvalue weighted by Crippen LogP contribution is -2.36. The van der Waals surface area contributed by atoms with E-state index in [1.54, 1.807) is 24.5 Å². The van der Waals surface area contributed by atoms with Crippen LogP contribution in [0.3, 0.4) is 0 Å². The van der Waals surface area contributed by atoms with Crippen LogP contribution in [0, 0.1) is 6.92 Å². The number of furan rings is 1. The SMILES string of the molecule is COCCN(Cc1ccoc1)C(=O)COc1cccc(C)c1. The number of ether oxygens (including phenoxy) is 2. The molecule has 1 aromatic heterocycles. The van der Waals surface area contributed by atoms with Crippen molar-refractivity contribution in [3.8, 4) is 5.75 Å². The Morgan fingerprint density at radius 3 is 2.86 bits per heavy atom. The number of carbonyl (C=O) groups is 1. The molecule has 1 amide bonds. The first-order chi connectivity index (χ1) is 10.7. The van der Waals surface area contributed by atoms with E-state index in [9.17, 15) is 4.79 Å². The van der Waals surface area contributed by atoms with Crippen molar-refractivity contribution in [2.75, 3.05) is 26.9 Å². The lowest BCUT2D eigenvalue weighted by atomic mass is 10.2. The average Bonchev–Trinajstić information content (AvgIpc) is 3.02. The molecule has 0 saturated heterocycles. The van der Waals surface area contributed by atoms with E-state index in [2.05, 4.69) is 0 Å². The van der Waals surface area contributed by atoms with Crippen molar-refractivity contribution in [2.24, 2.45) is 0 Å². The first kappa shape index (κ1) is 16.1. The van der Waals surface area contributed by atoms with Crippen molar-refractivity contribution in [1.82, 2.24) is 4.90 Å². The van der Waals surface area contributed by atoms with E-state index in [0.29, 0.717) is 25.4 Å². The Morgan fingerprint density at radius 2 is 2.18 bits per heavy atom. The molecular formula is C17H21NO4. The number of benzene rings is 1. The number of hydrogen-bond donors (Lipinski definition) is 0. The van der Waals surface area contributed by atoms with Crippen LogP contribution in [0.15, 0.2) is 47.3 Å². The quantitative estimate of drug-likeness (QED) is 0.752. The second-order valence-electron chi connectivity index (χ2n) is 5.04. The molecule has 0 fully saturated rings. The van der Waals surface area contributed by atoms with Gasteiger partial charge in [-0.1, -0.05) is 12.1 Å². The van der Waals surface area contributed by atoms with Gasteiger partial charge in [-0.05, 0) is 30.7 Å². The smallest absolute Gasteiger partial charge is 0.260 e. The van der Waals surface area contributed by atoms with Crippen LogP contribution in [0.25, 0.3) is 0 Å². The molecule has 0 spiro atoms. The van der Waals surface area contributed by atoms with E-state index in [4.69, 9.17) is 13.9 Å². The Morgan fingerprint density at radius 1 is 1.32 bits per heavy atom. The lowest BCUT2D eigenvalue weighted by Gasteiger charge is -2.22. The van der Waals surface area contributed by atoms with Crippen molar-refractivity contribution in [3.63, 3.8) is 0 Å². The average molecular weight is 303 g/mol. The maximum Gasteiger partial charge on any atom is 0.260 e. The molecule has 118 valence electrons. The molecule has 1 heterocycles. The zero-order chi connectivity index (χ0) is 15.8. The number of rotatable bonds is 8. The summed E-state index contributed by atoms with van der Waals surface area (Å²) < 4.78 is 15.7. The summed E-state index contributed by atoms with van der Waals surface area (Å²) in [6.45, 7) is 3.46. The molecule has 5 nitrogen and oxygen atoms in total. The maximum atomic E-state index is 12.3. The summed E-state index contributed by atoms with van der Waals surface area (Å²) >= 11 is 0. The minimum atomic E-state index is -0.0836. The van der Waals surface area contributed by atoms with Gasteiger partial charge >= 0.3 is 0 Å². The molecule has 0 saturated carbocycles. The molecule has 0 aliphatic carbocycles. The van der Waals surface area contributed by atoms with Crippen molar-refractivity contribution >= 4 is 5.91 Å². The van der Waals surface area contributed by atoms with Gasteiger partial charge in [-0.2, -0.15) is 0 Å². The fourth-order valence-corrected chi connectivity index (χ4v) is 2.04.